The SMILES string of the molecule is CC(C)c1nc(Cl)cc(=O)n1CCC(N)=O. The number of carbonyl (C=O) groups excluding carboxylic acids is 1. The van der Waals surface area contributed by atoms with Crippen molar-refractivity contribution in [3.8, 4) is 0 Å². The molecule has 0 aromatic carbocycles. The number of aromatic nitrogens is 2. The zero-order valence-corrected chi connectivity index (χ0v) is 9.99. The van der Waals surface area contributed by atoms with Crippen molar-refractivity contribution in [2.75, 3.05) is 0 Å². The first-order chi connectivity index (χ1) is 7.41. The summed E-state index contributed by atoms with van der Waals surface area (Å²) in [5.74, 6) is 0.176. The molecule has 16 heavy (non-hydrogen) atoms. The Kier molecular flexibility index (Phi) is 4.06. The second kappa shape index (κ2) is 5.12. The molecule has 0 unspecified atom stereocenters. The van der Waals surface area contributed by atoms with Crippen LogP contribution in [-0.2, 0) is 11.3 Å². The van der Waals surface area contributed by atoms with E-state index in [4.69, 9.17) is 17.3 Å². The predicted octanol–water partition coefficient (Wildman–Crippen LogP) is 0.895. The molecule has 0 fully saturated rings. The van der Waals surface area contributed by atoms with Crippen LogP contribution in [0, 0.1) is 0 Å². The van der Waals surface area contributed by atoms with Gasteiger partial charge in [0.05, 0.1) is 0 Å². The molecule has 0 bridgehead atoms. The van der Waals surface area contributed by atoms with E-state index in [-0.39, 0.29) is 29.6 Å². The van der Waals surface area contributed by atoms with Gasteiger partial charge in [-0.3, -0.25) is 14.2 Å². The van der Waals surface area contributed by atoms with E-state index in [9.17, 15) is 9.59 Å². The number of primary amides is 1. The molecule has 0 aliphatic rings. The molecule has 1 heterocycles. The van der Waals surface area contributed by atoms with E-state index in [0.29, 0.717) is 5.82 Å². The minimum Gasteiger partial charge on any atom is -0.370 e. The molecule has 0 aliphatic heterocycles. The van der Waals surface area contributed by atoms with Crippen LogP contribution in [0.25, 0.3) is 0 Å². The monoisotopic (exact) mass is 243 g/mol. The van der Waals surface area contributed by atoms with Gasteiger partial charge >= 0.3 is 0 Å². The van der Waals surface area contributed by atoms with Crippen molar-refractivity contribution in [2.45, 2.75) is 32.7 Å². The first-order valence-corrected chi connectivity index (χ1v) is 5.35. The Balaban J connectivity index is 3.14. The van der Waals surface area contributed by atoms with Crippen LogP contribution >= 0.6 is 11.6 Å². The van der Waals surface area contributed by atoms with Crippen LogP contribution in [0.4, 0.5) is 0 Å². The Hall–Kier alpha value is -1.36. The van der Waals surface area contributed by atoms with Crippen molar-refractivity contribution in [3.05, 3.63) is 27.4 Å². The molecule has 5 nitrogen and oxygen atoms in total. The number of nitrogens with two attached hydrogens (primary N) is 1. The zero-order chi connectivity index (χ0) is 12.3. The number of nitrogens with zero attached hydrogens (tertiary/aromatic N) is 2. The van der Waals surface area contributed by atoms with Gasteiger partial charge in [-0.1, -0.05) is 25.4 Å². The molecule has 0 saturated heterocycles. The minimum absolute atomic E-state index is 0.0549. The highest BCUT2D eigenvalue weighted by Crippen LogP contribution is 2.12. The molecule has 0 atom stereocenters. The van der Waals surface area contributed by atoms with Gasteiger partial charge in [0.1, 0.15) is 11.0 Å². The Morgan fingerprint density at radius 3 is 2.75 bits per heavy atom. The van der Waals surface area contributed by atoms with E-state index < -0.39 is 5.91 Å². The maximum absolute atomic E-state index is 11.7. The zero-order valence-electron chi connectivity index (χ0n) is 9.24. The highest BCUT2D eigenvalue weighted by Gasteiger charge is 2.11. The average Bonchev–Trinajstić information content (AvgIpc) is 2.14. The van der Waals surface area contributed by atoms with Crippen LogP contribution in [0.15, 0.2) is 10.9 Å². The topological polar surface area (TPSA) is 78.0 Å². The first-order valence-electron chi connectivity index (χ1n) is 4.97. The maximum atomic E-state index is 11.7. The largest absolute Gasteiger partial charge is 0.370 e. The minimum atomic E-state index is -0.448. The molecule has 6 heteroatoms. The van der Waals surface area contributed by atoms with Gasteiger partial charge in [0.15, 0.2) is 0 Å². The lowest BCUT2D eigenvalue weighted by atomic mass is 10.2. The van der Waals surface area contributed by atoms with Crippen molar-refractivity contribution in [1.29, 1.82) is 0 Å². The van der Waals surface area contributed by atoms with E-state index in [2.05, 4.69) is 4.98 Å². The number of carbonyl (C=O) groups is 1. The van der Waals surface area contributed by atoms with E-state index in [1.54, 1.807) is 0 Å². The molecule has 1 rings (SSSR count). The summed E-state index contributed by atoms with van der Waals surface area (Å²) in [7, 11) is 0. The van der Waals surface area contributed by atoms with Crippen LogP contribution in [0.2, 0.25) is 5.15 Å². The van der Waals surface area contributed by atoms with Crippen molar-refractivity contribution >= 4 is 17.5 Å². The van der Waals surface area contributed by atoms with Gasteiger partial charge in [-0.2, -0.15) is 0 Å². The smallest absolute Gasteiger partial charge is 0.255 e. The Morgan fingerprint density at radius 1 is 1.62 bits per heavy atom. The van der Waals surface area contributed by atoms with Crippen LogP contribution in [-0.4, -0.2) is 15.5 Å². The number of hydrogen-bond acceptors (Lipinski definition) is 3. The Labute approximate surface area is 98.2 Å². The quantitative estimate of drug-likeness (QED) is 0.798. The fourth-order valence-corrected chi connectivity index (χ4v) is 1.56. The number of hydrogen-bond donors (Lipinski definition) is 1. The van der Waals surface area contributed by atoms with Crippen molar-refractivity contribution in [2.24, 2.45) is 5.73 Å². The number of rotatable bonds is 4. The number of amides is 1. The Morgan fingerprint density at radius 2 is 2.25 bits per heavy atom. The second-order valence-corrected chi connectivity index (χ2v) is 4.19. The van der Waals surface area contributed by atoms with Crippen molar-refractivity contribution in [3.63, 3.8) is 0 Å². The molecule has 1 amide bonds. The molecule has 0 aliphatic carbocycles. The van der Waals surface area contributed by atoms with Crippen LogP contribution < -0.4 is 11.3 Å². The van der Waals surface area contributed by atoms with Gasteiger partial charge < -0.3 is 5.73 Å². The number of halogens is 1. The van der Waals surface area contributed by atoms with Crippen LogP contribution in [0.1, 0.15) is 32.0 Å². The van der Waals surface area contributed by atoms with Gasteiger partial charge in [0.25, 0.3) is 5.56 Å². The summed E-state index contributed by atoms with van der Waals surface area (Å²) in [5, 5.41) is 0.170. The lowest BCUT2D eigenvalue weighted by molar-refractivity contribution is -0.118. The summed E-state index contributed by atoms with van der Waals surface area (Å²) in [4.78, 5) is 26.4. The fourth-order valence-electron chi connectivity index (χ4n) is 1.38. The molecular formula is C10H14ClN3O2. The summed E-state index contributed by atoms with van der Waals surface area (Å²) in [6.07, 6.45) is 0.114. The lowest BCUT2D eigenvalue weighted by Gasteiger charge is -2.13. The highest BCUT2D eigenvalue weighted by atomic mass is 35.5. The molecule has 1 aromatic rings. The maximum Gasteiger partial charge on any atom is 0.255 e. The van der Waals surface area contributed by atoms with E-state index >= 15 is 0 Å². The van der Waals surface area contributed by atoms with E-state index in [1.165, 1.54) is 10.6 Å². The standard InChI is InChI=1S/C10H14ClN3O2/c1-6(2)10-13-7(11)5-9(16)14(10)4-3-8(12)15/h5-6H,3-4H2,1-2H3,(H2,12,15). The summed E-state index contributed by atoms with van der Waals surface area (Å²) in [6.45, 7) is 4.05. The van der Waals surface area contributed by atoms with Crippen LogP contribution in [0.3, 0.4) is 0 Å². The van der Waals surface area contributed by atoms with Gasteiger partial charge in [-0.25, -0.2) is 4.98 Å². The van der Waals surface area contributed by atoms with Crippen molar-refractivity contribution in [1.82, 2.24) is 9.55 Å². The fraction of sp³-hybridized carbons (Fsp3) is 0.500. The molecule has 1 aromatic heterocycles. The molecular weight excluding hydrogens is 230 g/mol. The van der Waals surface area contributed by atoms with Gasteiger partial charge in [0, 0.05) is 24.9 Å². The predicted molar refractivity (Wildman–Crippen MR) is 61.4 cm³/mol. The third-order valence-electron chi connectivity index (χ3n) is 2.10. The molecule has 0 spiro atoms. The first kappa shape index (κ1) is 12.7. The van der Waals surface area contributed by atoms with Crippen molar-refractivity contribution < 1.29 is 4.79 Å². The molecule has 0 radical (unpaired) electrons. The van der Waals surface area contributed by atoms with Gasteiger partial charge in [-0.15, -0.1) is 0 Å². The average molecular weight is 244 g/mol. The molecule has 88 valence electrons. The van der Waals surface area contributed by atoms with E-state index in [1.807, 2.05) is 13.8 Å². The Bertz CT molecular complexity index is 454. The normalized spacial score (nSPS) is 10.8. The highest BCUT2D eigenvalue weighted by molar-refractivity contribution is 6.29. The third-order valence-corrected chi connectivity index (χ3v) is 2.30. The van der Waals surface area contributed by atoms with Crippen LogP contribution in [0.5, 0.6) is 0 Å². The van der Waals surface area contributed by atoms with Gasteiger partial charge in [0.2, 0.25) is 5.91 Å². The summed E-state index contributed by atoms with van der Waals surface area (Å²) in [6, 6.07) is 1.23. The summed E-state index contributed by atoms with van der Waals surface area (Å²) < 4.78 is 1.43. The van der Waals surface area contributed by atoms with Gasteiger partial charge in [-0.05, 0) is 0 Å². The lowest BCUT2D eigenvalue weighted by Crippen LogP contribution is -2.27. The second-order valence-electron chi connectivity index (χ2n) is 3.80. The summed E-state index contributed by atoms with van der Waals surface area (Å²) in [5.41, 5.74) is 4.79. The molecule has 2 N–H and O–H groups in total. The third kappa shape index (κ3) is 3.06. The van der Waals surface area contributed by atoms with E-state index in [0.717, 1.165) is 0 Å². The molecule has 0 saturated carbocycles. The summed E-state index contributed by atoms with van der Waals surface area (Å²) >= 11 is 5.71.